The molecule has 0 saturated carbocycles. The molecule has 0 fully saturated rings. The van der Waals surface area contributed by atoms with Gasteiger partial charge in [0.25, 0.3) is 0 Å². The summed E-state index contributed by atoms with van der Waals surface area (Å²) in [7, 11) is 0. The van der Waals surface area contributed by atoms with Crippen LogP contribution in [-0.2, 0) is 6.42 Å². The SMILES string of the molecule is CCc1cc(NC(CCCl)C(C)C)ncn1. The Morgan fingerprint density at radius 3 is 2.69 bits per heavy atom. The summed E-state index contributed by atoms with van der Waals surface area (Å²) in [5.41, 5.74) is 1.06. The van der Waals surface area contributed by atoms with Crippen molar-refractivity contribution in [1.29, 1.82) is 0 Å². The van der Waals surface area contributed by atoms with E-state index >= 15 is 0 Å². The Morgan fingerprint density at radius 2 is 2.12 bits per heavy atom. The molecular formula is C12H20ClN3. The zero-order valence-electron chi connectivity index (χ0n) is 10.2. The molecule has 0 bridgehead atoms. The van der Waals surface area contributed by atoms with Gasteiger partial charge >= 0.3 is 0 Å². The van der Waals surface area contributed by atoms with Crippen molar-refractivity contribution in [1.82, 2.24) is 9.97 Å². The Kier molecular flexibility index (Phi) is 5.53. The minimum atomic E-state index is 0.372. The maximum atomic E-state index is 5.79. The van der Waals surface area contributed by atoms with Gasteiger partial charge in [-0.25, -0.2) is 9.97 Å². The topological polar surface area (TPSA) is 37.8 Å². The number of alkyl halides is 1. The third kappa shape index (κ3) is 3.97. The van der Waals surface area contributed by atoms with Crippen LogP contribution in [0.4, 0.5) is 5.82 Å². The van der Waals surface area contributed by atoms with Crippen LogP contribution in [0.5, 0.6) is 0 Å². The van der Waals surface area contributed by atoms with Crippen LogP contribution >= 0.6 is 11.6 Å². The highest BCUT2D eigenvalue weighted by Crippen LogP contribution is 2.14. The highest BCUT2D eigenvalue weighted by atomic mass is 35.5. The summed E-state index contributed by atoms with van der Waals surface area (Å²) in [5.74, 6) is 2.11. The summed E-state index contributed by atoms with van der Waals surface area (Å²) in [5, 5.41) is 3.42. The van der Waals surface area contributed by atoms with E-state index in [1.807, 2.05) is 6.07 Å². The summed E-state index contributed by atoms with van der Waals surface area (Å²) < 4.78 is 0. The molecule has 1 rings (SSSR count). The number of anilines is 1. The lowest BCUT2D eigenvalue weighted by Gasteiger charge is -2.22. The number of nitrogens with one attached hydrogen (secondary N) is 1. The number of halogens is 1. The minimum absolute atomic E-state index is 0.372. The first-order chi connectivity index (χ1) is 7.67. The Hall–Kier alpha value is -0.830. The van der Waals surface area contributed by atoms with E-state index in [4.69, 9.17) is 11.6 Å². The van der Waals surface area contributed by atoms with E-state index in [0.29, 0.717) is 17.8 Å². The molecule has 1 N–H and O–H groups in total. The third-order valence-electron chi connectivity index (χ3n) is 2.64. The average molecular weight is 242 g/mol. The molecule has 0 aliphatic carbocycles. The molecule has 1 unspecified atom stereocenters. The van der Waals surface area contributed by atoms with E-state index in [1.54, 1.807) is 6.33 Å². The fourth-order valence-corrected chi connectivity index (χ4v) is 1.78. The summed E-state index contributed by atoms with van der Waals surface area (Å²) in [6, 6.07) is 2.38. The molecule has 3 nitrogen and oxygen atoms in total. The molecule has 0 aliphatic rings. The number of aromatic nitrogens is 2. The van der Waals surface area contributed by atoms with Crippen molar-refractivity contribution in [3.8, 4) is 0 Å². The average Bonchev–Trinajstić information content (AvgIpc) is 2.28. The highest BCUT2D eigenvalue weighted by Gasteiger charge is 2.13. The molecule has 0 aliphatic heterocycles. The second-order valence-corrected chi connectivity index (χ2v) is 4.60. The first kappa shape index (κ1) is 13.2. The number of hydrogen-bond donors (Lipinski definition) is 1. The summed E-state index contributed by atoms with van der Waals surface area (Å²) in [6.45, 7) is 6.46. The van der Waals surface area contributed by atoms with E-state index in [-0.39, 0.29) is 0 Å². The molecule has 0 amide bonds. The monoisotopic (exact) mass is 241 g/mol. The first-order valence-corrected chi connectivity index (χ1v) is 6.34. The molecule has 1 aromatic heterocycles. The van der Waals surface area contributed by atoms with Crippen LogP contribution in [0.15, 0.2) is 12.4 Å². The lowest BCUT2D eigenvalue weighted by molar-refractivity contribution is 0.511. The van der Waals surface area contributed by atoms with Gasteiger partial charge in [0.15, 0.2) is 0 Å². The number of aryl methyl sites for hydroxylation is 1. The predicted octanol–water partition coefficient (Wildman–Crippen LogP) is 3.10. The van der Waals surface area contributed by atoms with Gasteiger partial charge in [0, 0.05) is 23.7 Å². The Labute approximate surface area is 103 Å². The molecule has 0 saturated heterocycles. The van der Waals surface area contributed by atoms with E-state index in [2.05, 4.69) is 36.1 Å². The Morgan fingerprint density at radius 1 is 1.38 bits per heavy atom. The largest absolute Gasteiger partial charge is 0.367 e. The maximum absolute atomic E-state index is 5.79. The highest BCUT2D eigenvalue weighted by molar-refractivity contribution is 6.17. The van der Waals surface area contributed by atoms with Crippen molar-refractivity contribution >= 4 is 17.4 Å². The van der Waals surface area contributed by atoms with Crippen LogP contribution in [0.2, 0.25) is 0 Å². The molecule has 1 aromatic rings. The molecule has 0 spiro atoms. The van der Waals surface area contributed by atoms with Crippen LogP contribution in [-0.4, -0.2) is 21.9 Å². The summed E-state index contributed by atoms with van der Waals surface area (Å²) in [4.78, 5) is 8.41. The van der Waals surface area contributed by atoms with Crippen molar-refractivity contribution in [2.45, 2.75) is 39.7 Å². The summed E-state index contributed by atoms with van der Waals surface area (Å²) in [6.07, 6.45) is 3.49. The molecule has 90 valence electrons. The van der Waals surface area contributed by atoms with Gasteiger partial charge in [-0.1, -0.05) is 20.8 Å². The van der Waals surface area contributed by atoms with Gasteiger partial charge in [0.1, 0.15) is 12.1 Å². The van der Waals surface area contributed by atoms with Gasteiger partial charge in [-0.3, -0.25) is 0 Å². The van der Waals surface area contributed by atoms with Crippen LogP contribution in [0.1, 0.15) is 32.9 Å². The number of nitrogens with zero attached hydrogens (tertiary/aromatic N) is 2. The van der Waals surface area contributed by atoms with E-state index < -0.39 is 0 Å². The van der Waals surface area contributed by atoms with Gasteiger partial charge in [-0.15, -0.1) is 11.6 Å². The van der Waals surface area contributed by atoms with Crippen LogP contribution in [0.25, 0.3) is 0 Å². The lowest BCUT2D eigenvalue weighted by atomic mass is 10.0. The third-order valence-corrected chi connectivity index (χ3v) is 2.86. The zero-order valence-corrected chi connectivity index (χ0v) is 11.0. The molecule has 0 aromatic carbocycles. The lowest BCUT2D eigenvalue weighted by Crippen LogP contribution is -2.26. The van der Waals surface area contributed by atoms with E-state index in [1.165, 1.54) is 0 Å². The molecule has 1 atom stereocenters. The van der Waals surface area contributed by atoms with Gasteiger partial charge < -0.3 is 5.32 Å². The quantitative estimate of drug-likeness (QED) is 0.778. The van der Waals surface area contributed by atoms with Crippen molar-refractivity contribution in [2.24, 2.45) is 5.92 Å². The van der Waals surface area contributed by atoms with Gasteiger partial charge in [-0.2, -0.15) is 0 Å². The first-order valence-electron chi connectivity index (χ1n) is 5.80. The molecule has 0 radical (unpaired) electrons. The summed E-state index contributed by atoms with van der Waals surface area (Å²) >= 11 is 5.79. The molecule has 16 heavy (non-hydrogen) atoms. The van der Waals surface area contributed by atoms with Crippen molar-refractivity contribution < 1.29 is 0 Å². The molecule has 4 heteroatoms. The smallest absolute Gasteiger partial charge is 0.129 e. The second kappa shape index (κ2) is 6.69. The van der Waals surface area contributed by atoms with E-state index in [0.717, 1.165) is 24.4 Å². The van der Waals surface area contributed by atoms with Gasteiger partial charge in [0.05, 0.1) is 0 Å². The van der Waals surface area contributed by atoms with Gasteiger partial charge in [-0.05, 0) is 18.8 Å². The zero-order chi connectivity index (χ0) is 12.0. The molecule has 1 heterocycles. The maximum Gasteiger partial charge on any atom is 0.129 e. The normalized spacial score (nSPS) is 12.8. The minimum Gasteiger partial charge on any atom is -0.367 e. The van der Waals surface area contributed by atoms with Gasteiger partial charge in [0.2, 0.25) is 0 Å². The van der Waals surface area contributed by atoms with Crippen LogP contribution < -0.4 is 5.32 Å². The standard InChI is InChI=1S/C12H20ClN3/c1-4-10-7-12(15-8-14-10)16-11(5-6-13)9(2)3/h7-9,11H,4-6H2,1-3H3,(H,14,15,16). The molecular weight excluding hydrogens is 222 g/mol. The fraction of sp³-hybridized carbons (Fsp3) is 0.667. The predicted molar refractivity (Wildman–Crippen MR) is 69.0 cm³/mol. The number of hydrogen-bond acceptors (Lipinski definition) is 3. The van der Waals surface area contributed by atoms with Crippen molar-refractivity contribution in [3.05, 3.63) is 18.1 Å². The Bertz CT molecular complexity index is 315. The van der Waals surface area contributed by atoms with Crippen LogP contribution in [0.3, 0.4) is 0 Å². The Balaban J connectivity index is 2.68. The van der Waals surface area contributed by atoms with Crippen molar-refractivity contribution in [3.63, 3.8) is 0 Å². The number of rotatable bonds is 6. The van der Waals surface area contributed by atoms with Crippen LogP contribution in [0, 0.1) is 5.92 Å². The second-order valence-electron chi connectivity index (χ2n) is 4.22. The fourth-order valence-electron chi connectivity index (χ4n) is 1.55. The van der Waals surface area contributed by atoms with Crippen molar-refractivity contribution in [2.75, 3.05) is 11.2 Å². The van der Waals surface area contributed by atoms with E-state index in [9.17, 15) is 0 Å².